The van der Waals surface area contributed by atoms with E-state index in [2.05, 4.69) is 0 Å². The lowest BCUT2D eigenvalue weighted by Crippen LogP contribution is -2.37. The van der Waals surface area contributed by atoms with Gasteiger partial charge in [-0.05, 0) is 61.5 Å². The molecule has 0 fully saturated rings. The third kappa shape index (κ3) is 3.98. The lowest BCUT2D eigenvalue weighted by atomic mass is 10.1. The van der Waals surface area contributed by atoms with Gasteiger partial charge in [-0.3, -0.25) is 4.79 Å². The van der Waals surface area contributed by atoms with Crippen molar-refractivity contribution in [3.05, 3.63) is 95.5 Å². The van der Waals surface area contributed by atoms with E-state index in [1.165, 1.54) is 37.4 Å². The molecule has 0 N–H and O–H groups in total. The molecule has 0 saturated heterocycles. The first-order chi connectivity index (χ1) is 15.7. The van der Waals surface area contributed by atoms with E-state index in [1.54, 1.807) is 25.1 Å². The molecule has 0 aliphatic heterocycles. The maximum Gasteiger partial charge on any atom is 0.342 e. The molecule has 0 radical (unpaired) electrons. The molecule has 0 saturated carbocycles. The molecule has 4 rings (SSSR count). The van der Waals surface area contributed by atoms with Crippen LogP contribution in [0.25, 0.3) is 11.0 Å². The highest BCUT2D eigenvalue weighted by molar-refractivity contribution is 7.93. The third-order valence-electron chi connectivity index (χ3n) is 5.03. The van der Waals surface area contributed by atoms with Gasteiger partial charge in [-0.1, -0.05) is 18.2 Å². The molecule has 1 amide bonds. The number of carbonyl (C=O) groups excluding carboxylic acids is 2. The Hall–Kier alpha value is -3.98. The minimum absolute atomic E-state index is 0.0216. The zero-order chi connectivity index (χ0) is 23.8. The van der Waals surface area contributed by atoms with Gasteiger partial charge in [0.25, 0.3) is 15.9 Å². The number of benzene rings is 3. The maximum atomic E-state index is 13.5. The van der Waals surface area contributed by atoms with Crippen LogP contribution >= 0.6 is 0 Å². The van der Waals surface area contributed by atoms with Crippen molar-refractivity contribution in [1.29, 1.82) is 0 Å². The molecule has 0 bridgehead atoms. The van der Waals surface area contributed by atoms with Crippen LogP contribution < -0.4 is 4.31 Å². The van der Waals surface area contributed by atoms with Gasteiger partial charge in [0.1, 0.15) is 22.7 Å². The highest BCUT2D eigenvalue weighted by Crippen LogP contribution is 2.33. The number of hydrogen-bond acceptors (Lipinski definition) is 6. The Labute approximate surface area is 189 Å². The van der Waals surface area contributed by atoms with E-state index >= 15 is 0 Å². The second kappa shape index (κ2) is 8.51. The van der Waals surface area contributed by atoms with E-state index < -0.39 is 27.7 Å². The second-order valence-electron chi connectivity index (χ2n) is 7.10. The fourth-order valence-electron chi connectivity index (χ4n) is 3.47. The van der Waals surface area contributed by atoms with Crippen LogP contribution in [0.15, 0.2) is 82.1 Å². The summed E-state index contributed by atoms with van der Waals surface area (Å²) in [5, 5.41) is 0.289. The predicted molar refractivity (Wildman–Crippen MR) is 119 cm³/mol. The first-order valence-electron chi connectivity index (χ1n) is 9.76. The molecule has 33 heavy (non-hydrogen) atoms. The van der Waals surface area contributed by atoms with E-state index in [9.17, 15) is 22.4 Å². The number of nitrogens with zero attached hydrogens (tertiary/aromatic N) is 1. The number of anilines is 1. The van der Waals surface area contributed by atoms with Crippen LogP contribution in [-0.4, -0.2) is 27.4 Å². The van der Waals surface area contributed by atoms with Gasteiger partial charge in [0, 0.05) is 10.9 Å². The average Bonchev–Trinajstić information content (AvgIpc) is 3.14. The molecule has 0 atom stereocenters. The molecule has 4 aromatic rings. The smallest absolute Gasteiger partial charge is 0.342 e. The molecule has 168 valence electrons. The number of methoxy groups -OCH3 is 1. The second-order valence-corrected chi connectivity index (χ2v) is 8.89. The number of hydrogen-bond donors (Lipinski definition) is 0. The molecule has 0 aliphatic rings. The number of fused-ring (bicyclic) bond motifs is 1. The predicted octanol–water partition coefficient (Wildman–Crippen LogP) is 4.70. The Bertz CT molecular complexity index is 1460. The monoisotopic (exact) mass is 467 g/mol. The number of ether oxygens (including phenoxy) is 1. The van der Waals surface area contributed by atoms with Gasteiger partial charge in [0.15, 0.2) is 0 Å². The number of halogens is 1. The normalized spacial score (nSPS) is 11.4. The van der Waals surface area contributed by atoms with Crippen LogP contribution in [0.1, 0.15) is 26.5 Å². The maximum absolute atomic E-state index is 13.5. The summed E-state index contributed by atoms with van der Waals surface area (Å²) >= 11 is 0. The summed E-state index contributed by atoms with van der Waals surface area (Å²) in [4.78, 5) is 25.4. The highest BCUT2D eigenvalue weighted by Gasteiger charge is 2.33. The van der Waals surface area contributed by atoms with Crippen molar-refractivity contribution in [2.45, 2.75) is 11.8 Å². The molecule has 0 spiro atoms. The molecule has 3 aromatic carbocycles. The Kier molecular flexibility index (Phi) is 5.73. The first-order valence-corrected chi connectivity index (χ1v) is 11.2. The lowest BCUT2D eigenvalue weighted by molar-refractivity contribution is 0.0600. The molecular formula is C24H18FNO6S. The molecule has 1 heterocycles. The van der Waals surface area contributed by atoms with E-state index in [4.69, 9.17) is 9.15 Å². The van der Waals surface area contributed by atoms with Crippen molar-refractivity contribution < 1.29 is 31.6 Å². The molecule has 7 nitrogen and oxygen atoms in total. The minimum Gasteiger partial charge on any atom is -0.465 e. The summed E-state index contributed by atoms with van der Waals surface area (Å²) in [6.45, 7) is 1.58. The van der Waals surface area contributed by atoms with Crippen molar-refractivity contribution in [2.24, 2.45) is 0 Å². The molecule has 0 unspecified atom stereocenters. The number of sulfonamides is 1. The van der Waals surface area contributed by atoms with E-state index in [0.717, 1.165) is 24.3 Å². The van der Waals surface area contributed by atoms with Gasteiger partial charge in [0.2, 0.25) is 0 Å². The van der Waals surface area contributed by atoms with Crippen LogP contribution in [0.5, 0.6) is 0 Å². The summed E-state index contributed by atoms with van der Waals surface area (Å²) in [5.74, 6) is -1.81. The Morgan fingerprint density at radius 2 is 1.64 bits per heavy atom. The van der Waals surface area contributed by atoms with Gasteiger partial charge >= 0.3 is 5.97 Å². The number of rotatable bonds is 5. The van der Waals surface area contributed by atoms with Crippen molar-refractivity contribution >= 4 is 38.6 Å². The fraction of sp³-hybridized carbons (Fsp3) is 0.0833. The number of carbonyl (C=O) groups is 2. The Balaban J connectivity index is 1.95. The van der Waals surface area contributed by atoms with Gasteiger partial charge in [0.05, 0.1) is 17.7 Å². The van der Waals surface area contributed by atoms with Crippen LogP contribution in [0.4, 0.5) is 10.1 Å². The SMILES string of the molecule is COC(=O)c1c(C)oc2ccc(N(C(=O)c3ccccc3)S(=O)(=O)c3ccc(F)cc3)cc12. The lowest BCUT2D eigenvalue weighted by Gasteiger charge is -2.23. The summed E-state index contributed by atoms with van der Waals surface area (Å²) in [6, 6.07) is 16.3. The van der Waals surface area contributed by atoms with Gasteiger partial charge in [-0.2, -0.15) is 4.31 Å². The standard InChI is InChI=1S/C24H18FNO6S/c1-15-22(24(28)31-2)20-14-18(10-13-21(20)32-15)26(23(27)16-6-4-3-5-7-16)33(29,30)19-11-8-17(25)9-12-19/h3-14H,1-2H3. The van der Waals surface area contributed by atoms with E-state index in [1.807, 2.05) is 0 Å². The van der Waals surface area contributed by atoms with Crippen molar-refractivity contribution in [3.63, 3.8) is 0 Å². The average molecular weight is 467 g/mol. The third-order valence-corrected chi connectivity index (χ3v) is 6.75. The van der Waals surface area contributed by atoms with Crippen LogP contribution in [0.3, 0.4) is 0 Å². The molecule has 9 heteroatoms. The zero-order valence-electron chi connectivity index (χ0n) is 17.6. The van der Waals surface area contributed by atoms with Crippen molar-refractivity contribution in [1.82, 2.24) is 0 Å². The van der Waals surface area contributed by atoms with Crippen LogP contribution in [0, 0.1) is 12.7 Å². The van der Waals surface area contributed by atoms with E-state index in [-0.39, 0.29) is 32.9 Å². The number of aryl methyl sites for hydroxylation is 1. The summed E-state index contributed by atoms with van der Waals surface area (Å²) in [7, 11) is -3.23. The Morgan fingerprint density at radius 3 is 2.27 bits per heavy atom. The van der Waals surface area contributed by atoms with Crippen LogP contribution in [-0.2, 0) is 14.8 Å². The van der Waals surface area contributed by atoms with Crippen molar-refractivity contribution in [2.75, 3.05) is 11.4 Å². The van der Waals surface area contributed by atoms with Gasteiger partial charge in [-0.15, -0.1) is 0 Å². The van der Waals surface area contributed by atoms with Gasteiger partial charge in [-0.25, -0.2) is 17.6 Å². The molecule has 1 aromatic heterocycles. The quantitative estimate of drug-likeness (QED) is 0.395. The topological polar surface area (TPSA) is 93.9 Å². The summed E-state index contributed by atoms with van der Waals surface area (Å²) < 4.78 is 51.5. The number of furan rings is 1. The summed E-state index contributed by atoms with van der Waals surface area (Å²) in [6.07, 6.45) is 0. The molecule has 0 aliphatic carbocycles. The summed E-state index contributed by atoms with van der Waals surface area (Å²) in [5.41, 5.74) is 0.551. The van der Waals surface area contributed by atoms with E-state index in [0.29, 0.717) is 9.89 Å². The highest BCUT2D eigenvalue weighted by atomic mass is 32.2. The largest absolute Gasteiger partial charge is 0.465 e. The Morgan fingerprint density at radius 1 is 0.970 bits per heavy atom. The first kappa shape index (κ1) is 22.2. The number of amides is 1. The van der Waals surface area contributed by atoms with Crippen LogP contribution in [0.2, 0.25) is 0 Å². The minimum atomic E-state index is -4.45. The zero-order valence-corrected chi connectivity index (χ0v) is 18.4. The fourth-order valence-corrected chi connectivity index (χ4v) is 4.87. The molecular weight excluding hydrogens is 449 g/mol. The van der Waals surface area contributed by atoms with Gasteiger partial charge < -0.3 is 9.15 Å². The van der Waals surface area contributed by atoms with Crippen molar-refractivity contribution in [3.8, 4) is 0 Å². The number of esters is 1.